The maximum Gasteiger partial charge on any atom is 0.306 e. The molecular formula is C32H38ClFN2O10. The maximum absolute atomic E-state index is 15.6. The number of hydrogen-bond acceptors (Lipinski definition) is 8. The fourth-order valence-corrected chi connectivity index (χ4v) is 6.00. The molecule has 2 aromatic carbocycles. The quantitative estimate of drug-likeness (QED) is 0.269. The van der Waals surface area contributed by atoms with Gasteiger partial charge in [0.25, 0.3) is 0 Å². The van der Waals surface area contributed by atoms with E-state index in [0.717, 1.165) is 11.1 Å². The number of ether oxygens (including phenoxy) is 4. The van der Waals surface area contributed by atoms with Gasteiger partial charge < -0.3 is 39.0 Å². The van der Waals surface area contributed by atoms with Crippen molar-refractivity contribution in [1.29, 1.82) is 0 Å². The van der Waals surface area contributed by atoms with Crippen LogP contribution < -0.4 is 18.9 Å². The highest BCUT2D eigenvalue weighted by atomic mass is 35.5. The molecule has 2 aliphatic rings. The molecule has 0 fully saturated rings. The molecule has 0 saturated carbocycles. The zero-order valence-electron chi connectivity index (χ0n) is 26.4. The first-order valence-corrected chi connectivity index (χ1v) is 15.2. The van der Waals surface area contributed by atoms with Gasteiger partial charge in [0.15, 0.2) is 28.8 Å². The molecule has 0 aliphatic carbocycles. The highest BCUT2D eigenvalue weighted by Crippen LogP contribution is 2.49. The second-order valence-corrected chi connectivity index (χ2v) is 11.9. The van der Waals surface area contributed by atoms with Gasteiger partial charge in [0, 0.05) is 50.0 Å². The summed E-state index contributed by atoms with van der Waals surface area (Å²) < 4.78 is 38.2. The Bertz CT molecular complexity index is 1530. The first kappa shape index (κ1) is 34.6. The molecule has 3 unspecified atom stereocenters. The van der Waals surface area contributed by atoms with Crippen molar-refractivity contribution < 1.29 is 52.7 Å². The second-order valence-electron chi connectivity index (χ2n) is 11.5. The van der Waals surface area contributed by atoms with Crippen LogP contribution in [0.4, 0.5) is 4.39 Å². The van der Waals surface area contributed by atoms with Crippen LogP contribution in [-0.4, -0.2) is 71.2 Å². The van der Waals surface area contributed by atoms with Crippen LogP contribution in [0.2, 0.25) is 5.02 Å². The van der Waals surface area contributed by atoms with Crippen LogP contribution in [0.3, 0.4) is 0 Å². The molecule has 3 atom stereocenters. The average Bonchev–Trinajstić information content (AvgIpc) is 3.59. The Morgan fingerprint density at radius 1 is 0.891 bits per heavy atom. The minimum absolute atomic E-state index is 0.00226. The number of rotatable bonds is 14. The average molecular weight is 665 g/mol. The van der Waals surface area contributed by atoms with Gasteiger partial charge in [-0.15, -0.1) is 0 Å². The molecule has 0 spiro atoms. The lowest BCUT2D eigenvalue weighted by Crippen LogP contribution is -2.30. The molecule has 46 heavy (non-hydrogen) atoms. The number of hydrogen-bond donors (Lipinski definition) is 2. The number of amides is 2. The van der Waals surface area contributed by atoms with Crippen molar-refractivity contribution in [1.82, 2.24) is 9.80 Å². The lowest BCUT2D eigenvalue weighted by molar-refractivity contribution is -0.146. The summed E-state index contributed by atoms with van der Waals surface area (Å²) in [6, 6.07) is 2.98. The van der Waals surface area contributed by atoms with Gasteiger partial charge in [-0.2, -0.15) is 0 Å². The summed E-state index contributed by atoms with van der Waals surface area (Å²) in [5.74, 6) is -4.43. The first-order valence-electron chi connectivity index (χ1n) is 14.8. The van der Waals surface area contributed by atoms with E-state index in [-0.39, 0.29) is 60.6 Å². The van der Waals surface area contributed by atoms with Crippen molar-refractivity contribution in [3.8, 4) is 23.0 Å². The van der Waals surface area contributed by atoms with Gasteiger partial charge in [0.2, 0.25) is 11.8 Å². The fourth-order valence-electron chi connectivity index (χ4n) is 5.59. The molecule has 0 aromatic heterocycles. The van der Waals surface area contributed by atoms with E-state index in [1.54, 1.807) is 24.0 Å². The highest BCUT2D eigenvalue weighted by molar-refractivity contribution is 6.33. The summed E-state index contributed by atoms with van der Waals surface area (Å²) in [6.45, 7) is 5.50. The summed E-state index contributed by atoms with van der Waals surface area (Å²) in [5, 5.41) is 18.4. The van der Waals surface area contributed by atoms with Crippen molar-refractivity contribution in [2.24, 2.45) is 11.8 Å². The SMILES string of the molecule is COc1cc2c(cc1OCCCOc1c(Cl)c3c(c(F)c1OC)CN(C(=O)CC(C)C(=O)O)C3C)CN(C(=O)CC(C)C(=O)O)C2. The Hall–Kier alpha value is -4.26. The number of carbonyl (C=O) groups is 4. The minimum Gasteiger partial charge on any atom is -0.493 e. The van der Waals surface area contributed by atoms with Crippen LogP contribution in [0.25, 0.3) is 0 Å². The Balaban J connectivity index is 1.39. The first-order chi connectivity index (χ1) is 21.8. The molecule has 14 heteroatoms. The van der Waals surface area contributed by atoms with Crippen molar-refractivity contribution in [2.45, 2.75) is 65.7 Å². The third-order valence-electron chi connectivity index (χ3n) is 8.33. The number of aliphatic carboxylic acids is 2. The van der Waals surface area contributed by atoms with E-state index in [2.05, 4.69) is 0 Å². The Morgan fingerprint density at radius 3 is 2.02 bits per heavy atom. The van der Waals surface area contributed by atoms with E-state index < -0.39 is 41.5 Å². The molecule has 4 rings (SSSR count). The monoisotopic (exact) mass is 664 g/mol. The van der Waals surface area contributed by atoms with Crippen molar-refractivity contribution in [2.75, 3.05) is 27.4 Å². The fraction of sp³-hybridized carbons (Fsp3) is 0.500. The van der Waals surface area contributed by atoms with E-state index in [9.17, 15) is 24.3 Å². The standard InChI is InChI=1S/C32H38ClFN2O10/c1-16(31(39)40)9-24(37)35-13-19-11-22(43-4)23(12-20(19)14-35)45-7-6-8-46-29-27(33)26-18(3)36(25(38)10-17(2)32(41)42)15-21(26)28(34)30(29)44-5/h11-12,16-18H,6-10,13-15H2,1-5H3,(H,39,40)(H,41,42). The van der Waals surface area contributed by atoms with Gasteiger partial charge in [-0.25, -0.2) is 4.39 Å². The van der Waals surface area contributed by atoms with Crippen molar-refractivity contribution in [3.63, 3.8) is 0 Å². The summed E-state index contributed by atoms with van der Waals surface area (Å²) in [6.07, 6.45) is 0.0439. The largest absolute Gasteiger partial charge is 0.493 e. The van der Waals surface area contributed by atoms with E-state index >= 15 is 4.39 Å². The molecule has 250 valence electrons. The lowest BCUT2D eigenvalue weighted by atomic mass is 10.0. The Kier molecular flexibility index (Phi) is 10.9. The van der Waals surface area contributed by atoms with Crippen LogP contribution in [-0.2, 0) is 38.8 Å². The van der Waals surface area contributed by atoms with Crippen LogP contribution in [0.1, 0.15) is 68.3 Å². The number of carboxylic acids is 2. The van der Waals surface area contributed by atoms with E-state index in [4.69, 9.17) is 35.7 Å². The van der Waals surface area contributed by atoms with E-state index in [0.29, 0.717) is 36.6 Å². The predicted molar refractivity (Wildman–Crippen MR) is 163 cm³/mol. The third-order valence-corrected chi connectivity index (χ3v) is 8.70. The Morgan fingerprint density at radius 2 is 1.46 bits per heavy atom. The molecule has 0 bridgehead atoms. The lowest BCUT2D eigenvalue weighted by Gasteiger charge is -2.23. The molecule has 2 heterocycles. The normalized spacial score (nSPS) is 16.4. The van der Waals surface area contributed by atoms with E-state index in [1.807, 2.05) is 0 Å². The van der Waals surface area contributed by atoms with E-state index in [1.165, 1.54) is 33.0 Å². The smallest absolute Gasteiger partial charge is 0.306 e. The van der Waals surface area contributed by atoms with Gasteiger partial charge in [-0.1, -0.05) is 25.4 Å². The number of carboxylic acid groups (broad SMARTS) is 2. The highest BCUT2D eigenvalue weighted by Gasteiger charge is 2.39. The minimum atomic E-state index is -1.10. The van der Waals surface area contributed by atoms with Crippen LogP contribution >= 0.6 is 11.6 Å². The molecule has 12 nitrogen and oxygen atoms in total. The molecular weight excluding hydrogens is 627 g/mol. The Labute approximate surface area is 270 Å². The number of benzene rings is 2. The molecule has 0 radical (unpaired) electrons. The zero-order valence-corrected chi connectivity index (χ0v) is 27.1. The summed E-state index contributed by atoms with van der Waals surface area (Å²) in [7, 11) is 2.79. The van der Waals surface area contributed by atoms with Gasteiger partial charge >= 0.3 is 11.9 Å². The molecule has 2 amide bonds. The van der Waals surface area contributed by atoms with Gasteiger partial charge in [-0.05, 0) is 30.2 Å². The summed E-state index contributed by atoms with van der Waals surface area (Å²) in [4.78, 5) is 50.9. The number of methoxy groups -OCH3 is 2. The van der Waals surface area contributed by atoms with Crippen LogP contribution in [0.15, 0.2) is 12.1 Å². The number of carbonyl (C=O) groups excluding carboxylic acids is 2. The molecule has 2 aliphatic heterocycles. The number of fused-ring (bicyclic) bond motifs is 2. The van der Waals surface area contributed by atoms with Crippen LogP contribution in [0.5, 0.6) is 23.0 Å². The molecule has 2 aromatic rings. The van der Waals surface area contributed by atoms with Gasteiger partial charge in [0.1, 0.15) is 0 Å². The topological polar surface area (TPSA) is 152 Å². The number of nitrogens with zero attached hydrogens (tertiary/aromatic N) is 2. The van der Waals surface area contributed by atoms with Crippen molar-refractivity contribution >= 4 is 35.4 Å². The zero-order chi connectivity index (χ0) is 33.9. The molecule has 0 saturated heterocycles. The van der Waals surface area contributed by atoms with Gasteiger partial charge in [0.05, 0.1) is 50.3 Å². The number of halogens is 2. The maximum atomic E-state index is 15.6. The van der Waals surface area contributed by atoms with Crippen LogP contribution in [0, 0.1) is 17.7 Å². The van der Waals surface area contributed by atoms with Crippen molar-refractivity contribution in [3.05, 3.63) is 45.2 Å². The van der Waals surface area contributed by atoms with Gasteiger partial charge in [-0.3, -0.25) is 19.2 Å². The summed E-state index contributed by atoms with van der Waals surface area (Å²) >= 11 is 6.70. The predicted octanol–water partition coefficient (Wildman–Crippen LogP) is 4.81. The third kappa shape index (κ3) is 7.09. The second kappa shape index (κ2) is 14.4. The molecule has 2 N–H and O–H groups in total. The summed E-state index contributed by atoms with van der Waals surface area (Å²) in [5.41, 5.74) is 2.33.